The third-order valence-electron chi connectivity index (χ3n) is 4.79. The van der Waals surface area contributed by atoms with Gasteiger partial charge in [-0.1, -0.05) is 55.1 Å². The fraction of sp³-hybridized carbons (Fsp3) is 0.227. The van der Waals surface area contributed by atoms with E-state index in [2.05, 4.69) is 22.1 Å². The van der Waals surface area contributed by atoms with Crippen molar-refractivity contribution in [3.8, 4) is 0 Å². The molecule has 2 aromatic carbocycles. The summed E-state index contributed by atoms with van der Waals surface area (Å²) in [7, 11) is 0. The monoisotopic (exact) mass is 375 g/mol. The van der Waals surface area contributed by atoms with Gasteiger partial charge in [0.05, 0.1) is 16.6 Å². The predicted molar refractivity (Wildman–Crippen MR) is 109 cm³/mol. The summed E-state index contributed by atoms with van der Waals surface area (Å²) in [5, 5.41) is 0.390. The first-order valence-electron chi connectivity index (χ1n) is 9.21. The summed E-state index contributed by atoms with van der Waals surface area (Å²) >= 11 is 1.43. The molecule has 1 aromatic heterocycles. The molecule has 0 spiro atoms. The van der Waals surface area contributed by atoms with Gasteiger partial charge in [-0.3, -0.25) is 9.69 Å². The van der Waals surface area contributed by atoms with Crippen LogP contribution in [0.25, 0.3) is 0 Å². The fourth-order valence-corrected chi connectivity index (χ4v) is 4.31. The van der Waals surface area contributed by atoms with Gasteiger partial charge in [-0.25, -0.2) is 9.97 Å². The molecule has 136 valence electrons. The number of amides is 1. The van der Waals surface area contributed by atoms with Crippen LogP contribution in [0.5, 0.6) is 0 Å². The molecule has 4 nitrogen and oxygen atoms in total. The zero-order valence-electron chi connectivity index (χ0n) is 15.2. The predicted octanol–water partition coefficient (Wildman–Crippen LogP) is 4.81. The number of rotatable bonds is 4. The van der Waals surface area contributed by atoms with Crippen molar-refractivity contribution in [3.63, 3.8) is 0 Å². The van der Waals surface area contributed by atoms with Crippen LogP contribution < -0.4 is 4.90 Å². The number of anilines is 2. The number of nitrogens with zero attached hydrogens (tertiary/aromatic N) is 3. The second-order valence-electron chi connectivity index (χ2n) is 6.48. The Morgan fingerprint density at radius 2 is 1.52 bits per heavy atom. The first-order chi connectivity index (χ1) is 13.3. The number of carbonyl (C=O) groups excluding carboxylic acids is 1. The van der Waals surface area contributed by atoms with Crippen LogP contribution in [0.4, 0.5) is 11.4 Å². The van der Waals surface area contributed by atoms with Crippen LogP contribution in [0.1, 0.15) is 24.5 Å². The molecular formula is C22H21N3OS. The van der Waals surface area contributed by atoms with Crippen LogP contribution in [0, 0.1) is 0 Å². The Morgan fingerprint density at radius 1 is 0.963 bits per heavy atom. The molecule has 1 unspecified atom stereocenters. The SMILES string of the molecule is CCC(Sc1ncccn1)C(=O)N1c2ccccc2CCc2ccccc21. The maximum atomic E-state index is 13.7. The standard InChI is InChI=1S/C22H21N3OS/c1-2-20(27-22-23-14-7-15-24-22)21(26)25-18-10-5-3-8-16(18)12-13-17-9-4-6-11-19(17)25/h3-11,14-15,20H,2,12-13H2,1H3. The smallest absolute Gasteiger partial charge is 0.245 e. The van der Waals surface area contributed by atoms with Gasteiger partial charge in [0.15, 0.2) is 5.16 Å². The van der Waals surface area contributed by atoms with Crippen LogP contribution >= 0.6 is 11.8 Å². The van der Waals surface area contributed by atoms with Crippen LogP contribution in [-0.4, -0.2) is 21.1 Å². The largest absolute Gasteiger partial charge is 0.280 e. The molecule has 1 atom stereocenters. The zero-order chi connectivity index (χ0) is 18.6. The van der Waals surface area contributed by atoms with E-state index < -0.39 is 0 Å². The van der Waals surface area contributed by atoms with E-state index in [1.54, 1.807) is 18.5 Å². The van der Waals surface area contributed by atoms with E-state index >= 15 is 0 Å². The topological polar surface area (TPSA) is 46.1 Å². The maximum absolute atomic E-state index is 13.7. The van der Waals surface area contributed by atoms with Crippen molar-refractivity contribution in [3.05, 3.63) is 78.1 Å². The van der Waals surface area contributed by atoms with Gasteiger partial charge >= 0.3 is 0 Å². The number of aromatic nitrogens is 2. The number of fused-ring (bicyclic) bond motifs is 2. The minimum absolute atomic E-state index is 0.0803. The molecule has 0 N–H and O–H groups in total. The first-order valence-corrected chi connectivity index (χ1v) is 10.1. The maximum Gasteiger partial charge on any atom is 0.245 e. The molecule has 0 radical (unpaired) electrons. The summed E-state index contributed by atoms with van der Waals surface area (Å²) in [5.74, 6) is 0.0803. The summed E-state index contributed by atoms with van der Waals surface area (Å²) in [6.45, 7) is 2.04. The molecule has 0 bridgehead atoms. The molecule has 1 aliphatic heterocycles. The van der Waals surface area contributed by atoms with Crippen LogP contribution in [0.2, 0.25) is 0 Å². The van der Waals surface area contributed by atoms with Gasteiger partial charge in [-0.15, -0.1) is 0 Å². The normalized spacial score (nSPS) is 14.0. The number of aryl methyl sites for hydroxylation is 2. The molecular weight excluding hydrogens is 354 g/mol. The van der Waals surface area contributed by atoms with Gasteiger partial charge in [0.25, 0.3) is 0 Å². The Bertz CT molecular complexity index is 898. The number of benzene rings is 2. The number of hydrogen-bond acceptors (Lipinski definition) is 4. The molecule has 3 aromatic rings. The molecule has 1 amide bonds. The number of thioether (sulfide) groups is 1. The van der Waals surface area contributed by atoms with Gasteiger partial charge in [0.2, 0.25) is 5.91 Å². The van der Waals surface area contributed by atoms with E-state index in [4.69, 9.17) is 0 Å². The van der Waals surface area contributed by atoms with Gasteiger partial charge < -0.3 is 0 Å². The zero-order valence-corrected chi connectivity index (χ0v) is 16.0. The summed E-state index contributed by atoms with van der Waals surface area (Å²) in [6, 6.07) is 18.2. The first kappa shape index (κ1) is 17.7. The Labute approximate surface area is 163 Å². The Hall–Kier alpha value is -2.66. The molecule has 5 heteroatoms. The lowest BCUT2D eigenvalue weighted by molar-refractivity contribution is -0.117. The van der Waals surface area contributed by atoms with Crippen LogP contribution in [0.3, 0.4) is 0 Å². The quantitative estimate of drug-likeness (QED) is 0.485. The number of hydrogen-bond donors (Lipinski definition) is 0. The summed E-state index contributed by atoms with van der Waals surface area (Å²) in [4.78, 5) is 24.1. The van der Waals surface area contributed by atoms with Crippen LogP contribution in [0.15, 0.2) is 72.1 Å². The molecule has 0 aliphatic carbocycles. The molecule has 0 saturated carbocycles. The van der Waals surface area contributed by atoms with Gasteiger partial charge in [0.1, 0.15) is 0 Å². The van der Waals surface area contributed by atoms with Crippen molar-refractivity contribution < 1.29 is 4.79 Å². The lowest BCUT2D eigenvalue weighted by Crippen LogP contribution is -2.34. The molecule has 27 heavy (non-hydrogen) atoms. The third-order valence-corrected chi connectivity index (χ3v) is 6.03. The van der Waals surface area contributed by atoms with E-state index in [1.165, 1.54) is 22.9 Å². The Balaban J connectivity index is 1.75. The third kappa shape index (κ3) is 3.60. The highest BCUT2D eigenvalue weighted by molar-refractivity contribution is 8.00. The lowest BCUT2D eigenvalue weighted by atomic mass is 10.0. The lowest BCUT2D eigenvalue weighted by Gasteiger charge is -2.28. The van der Waals surface area contributed by atoms with Crippen molar-refractivity contribution in [2.75, 3.05) is 4.90 Å². The molecule has 1 aliphatic rings. The number of para-hydroxylation sites is 2. The van der Waals surface area contributed by atoms with Crippen molar-refractivity contribution in [2.24, 2.45) is 0 Å². The highest BCUT2D eigenvalue weighted by Gasteiger charge is 2.31. The van der Waals surface area contributed by atoms with Crippen molar-refractivity contribution >= 4 is 29.0 Å². The summed E-state index contributed by atoms with van der Waals surface area (Å²) in [6.07, 6.45) is 6.00. The van der Waals surface area contributed by atoms with E-state index in [-0.39, 0.29) is 11.2 Å². The van der Waals surface area contributed by atoms with E-state index in [1.807, 2.05) is 48.2 Å². The molecule has 4 rings (SSSR count). The van der Waals surface area contributed by atoms with Crippen molar-refractivity contribution in [1.82, 2.24) is 9.97 Å². The highest BCUT2D eigenvalue weighted by Crippen LogP contribution is 2.38. The van der Waals surface area contributed by atoms with E-state index in [9.17, 15) is 4.79 Å². The molecule has 0 saturated heterocycles. The average molecular weight is 375 g/mol. The van der Waals surface area contributed by atoms with Gasteiger partial charge in [-0.2, -0.15) is 0 Å². The van der Waals surface area contributed by atoms with E-state index in [0.717, 1.165) is 24.2 Å². The minimum Gasteiger partial charge on any atom is -0.280 e. The summed E-state index contributed by atoms with van der Waals surface area (Å²) in [5.41, 5.74) is 4.39. The fourth-order valence-electron chi connectivity index (χ4n) is 3.44. The van der Waals surface area contributed by atoms with Gasteiger partial charge in [-0.05, 0) is 48.6 Å². The highest BCUT2D eigenvalue weighted by atomic mass is 32.2. The molecule has 2 heterocycles. The number of carbonyl (C=O) groups is 1. The Kier molecular flexibility index (Phi) is 5.21. The molecule has 0 fully saturated rings. The van der Waals surface area contributed by atoms with Crippen molar-refractivity contribution in [1.29, 1.82) is 0 Å². The minimum atomic E-state index is -0.244. The Morgan fingerprint density at radius 3 is 2.07 bits per heavy atom. The average Bonchev–Trinajstić information content (AvgIpc) is 2.89. The summed E-state index contributed by atoms with van der Waals surface area (Å²) < 4.78 is 0. The second kappa shape index (κ2) is 7.92. The second-order valence-corrected chi connectivity index (χ2v) is 7.65. The van der Waals surface area contributed by atoms with Crippen molar-refractivity contribution in [2.45, 2.75) is 36.6 Å². The van der Waals surface area contributed by atoms with Gasteiger partial charge in [0, 0.05) is 12.4 Å². The van der Waals surface area contributed by atoms with E-state index in [0.29, 0.717) is 11.6 Å². The van der Waals surface area contributed by atoms with Crippen LogP contribution in [-0.2, 0) is 17.6 Å².